The van der Waals surface area contributed by atoms with Crippen molar-refractivity contribution < 1.29 is 9.90 Å². The van der Waals surface area contributed by atoms with Crippen LogP contribution in [0.4, 0.5) is 5.69 Å². The van der Waals surface area contributed by atoms with Gasteiger partial charge >= 0.3 is 5.97 Å². The van der Waals surface area contributed by atoms with Crippen LogP contribution in [-0.2, 0) is 4.79 Å². The summed E-state index contributed by atoms with van der Waals surface area (Å²) in [6.07, 6.45) is 0. The average Bonchev–Trinajstić information content (AvgIpc) is 2.24. The molecule has 0 radical (unpaired) electrons. The third kappa shape index (κ3) is 3.49. The van der Waals surface area contributed by atoms with Gasteiger partial charge in [0.05, 0.1) is 11.6 Å². The molecule has 0 saturated carbocycles. The number of hydrogen-bond acceptors (Lipinski definition) is 3. The zero-order chi connectivity index (χ0) is 13.1. The summed E-state index contributed by atoms with van der Waals surface area (Å²) < 4.78 is 0. The molecule has 1 aromatic carbocycles. The molecule has 1 atom stereocenters. The molecule has 4 heteroatoms. The number of carboxylic acids is 1. The minimum atomic E-state index is -0.903. The van der Waals surface area contributed by atoms with Crippen LogP contribution in [0.3, 0.4) is 0 Å². The summed E-state index contributed by atoms with van der Waals surface area (Å²) in [7, 11) is 0. The van der Waals surface area contributed by atoms with E-state index in [1.165, 1.54) is 0 Å². The van der Waals surface area contributed by atoms with Crippen LogP contribution in [0.5, 0.6) is 0 Å². The molecule has 1 rings (SSSR count). The SMILES string of the molecule is CC(C)(C)C(Nc1cccc(C#N)c1)C(=O)O. The van der Waals surface area contributed by atoms with Gasteiger partial charge in [0, 0.05) is 5.69 Å². The Morgan fingerprint density at radius 3 is 2.59 bits per heavy atom. The zero-order valence-electron chi connectivity index (χ0n) is 10.2. The fraction of sp³-hybridized carbons (Fsp3) is 0.385. The number of anilines is 1. The minimum absolute atomic E-state index is 0.408. The van der Waals surface area contributed by atoms with Crippen molar-refractivity contribution in [3.05, 3.63) is 29.8 Å². The van der Waals surface area contributed by atoms with Crippen molar-refractivity contribution in [3.63, 3.8) is 0 Å². The normalized spacial score (nSPS) is 12.6. The Labute approximate surface area is 101 Å². The van der Waals surface area contributed by atoms with Crippen LogP contribution in [0.25, 0.3) is 0 Å². The summed E-state index contributed by atoms with van der Waals surface area (Å²) in [4.78, 5) is 11.2. The van der Waals surface area contributed by atoms with Crippen LogP contribution in [0.1, 0.15) is 26.3 Å². The van der Waals surface area contributed by atoms with Crippen LogP contribution in [0.15, 0.2) is 24.3 Å². The molecule has 0 aromatic heterocycles. The van der Waals surface area contributed by atoms with E-state index in [0.29, 0.717) is 11.3 Å². The molecule has 0 aliphatic heterocycles. The topological polar surface area (TPSA) is 73.1 Å². The van der Waals surface area contributed by atoms with Crippen LogP contribution < -0.4 is 5.32 Å². The molecule has 0 spiro atoms. The number of carbonyl (C=O) groups is 1. The molecule has 0 bridgehead atoms. The molecule has 1 aromatic rings. The second-order valence-electron chi connectivity index (χ2n) is 4.97. The van der Waals surface area contributed by atoms with Gasteiger partial charge in [0.1, 0.15) is 6.04 Å². The van der Waals surface area contributed by atoms with Gasteiger partial charge in [-0.25, -0.2) is 4.79 Å². The van der Waals surface area contributed by atoms with Crippen LogP contribution in [0.2, 0.25) is 0 Å². The summed E-state index contributed by atoms with van der Waals surface area (Å²) in [6.45, 7) is 5.56. The van der Waals surface area contributed by atoms with Crippen molar-refractivity contribution in [3.8, 4) is 6.07 Å². The van der Waals surface area contributed by atoms with E-state index in [4.69, 9.17) is 10.4 Å². The molecule has 17 heavy (non-hydrogen) atoms. The largest absolute Gasteiger partial charge is 0.480 e. The maximum absolute atomic E-state index is 11.2. The number of nitrogens with zero attached hydrogens (tertiary/aromatic N) is 1. The number of aliphatic carboxylic acids is 1. The first-order chi connectivity index (χ1) is 7.84. The molecular formula is C13H16N2O2. The lowest BCUT2D eigenvalue weighted by Gasteiger charge is -2.28. The number of hydrogen-bond donors (Lipinski definition) is 2. The zero-order valence-corrected chi connectivity index (χ0v) is 10.2. The van der Waals surface area contributed by atoms with Crippen LogP contribution in [-0.4, -0.2) is 17.1 Å². The Morgan fingerprint density at radius 1 is 1.47 bits per heavy atom. The maximum atomic E-state index is 11.2. The quantitative estimate of drug-likeness (QED) is 0.839. The van der Waals surface area contributed by atoms with Gasteiger partial charge in [0.15, 0.2) is 0 Å². The maximum Gasteiger partial charge on any atom is 0.326 e. The van der Waals surface area contributed by atoms with Crippen LogP contribution >= 0.6 is 0 Å². The van der Waals surface area contributed by atoms with Crippen molar-refractivity contribution in [2.75, 3.05) is 5.32 Å². The average molecular weight is 232 g/mol. The predicted molar refractivity (Wildman–Crippen MR) is 65.7 cm³/mol. The van der Waals surface area contributed by atoms with Crippen molar-refractivity contribution in [2.24, 2.45) is 5.41 Å². The van der Waals surface area contributed by atoms with Crippen molar-refractivity contribution >= 4 is 11.7 Å². The highest BCUT2D eigenvalue weighted by Crippen LogP contribution is 2.23. The molecule has 0 fully saturated rings. The van der Waals surface area contributed by atoms with Gasteiger partial charge in [0.25, 0.3) is 0 Å². The number of benzene rings is 1. The Balaban J connectivity index is 2.95. The number of rotatable bonds is 3. The summed E-state index contributed by atoms with van der Waals surface area (Å²) >= 11 is 0. The van der Waals surface area contributed by atoms with Crippen LogP contribution in [0, 0.1) is 16.7 Å². The Kier molecular flexibility index (Phi) is 3.74. The smallest absolute Gasteiger partial charge is 0.326 e. The standard InChI is InChI=1S/C13H16N2O2/c1-13(2,3)11(12(16)17)15-10-6-4-5-9(7-10)8-14/h4-7,11,15H,1-3H3,(H,16,17). The summed E-state index contributed by atoms with van der Waals surface area (Å²) in [6, 6.07) is 8.12. The highest BCUT2D eigenvalue weighted by Gasteiger charge is 2.30. The summed E-state index contributed by atoms with van der Waals surface area (Å²) in [5.41, 5.74) is 0.744. The molecule has 0 aliphatic rings. The second kappa shape index (κ2) is 4.88. The summed E-state index contributed by atoms with van der Waals surface area (Å²) in [5, 5.41) is 20.9. The molecule has 90 valence electrons. The van der Waals surface area contributed by atoms with Crippen molar-refractivity contribution in [2.45, 2.75) is 26.8 Å². The lowest BCUT2D eigenvalue weighted by Crippen LogP contribution is -2.41. The molecule has 0 aliphatic carbocycles. The van der Waals surface area contributed by atoms with Gasteiger partial charge in [-0.15, -0.1) is 0 Å². The number of nitrogens with one attached hydrogen (secondary N) is 1. The Bertz CT molecular complexity index is 455. The molecule has 1 unspecified atom stereocenters. The molecule has 0 heterocycles. The Hall–Kier alpha value is -2.02. The lowest BCUT2D eigenvalue weighted by atomic mass is 9.86. The Morgan fingerprint density at radius 2 is 2.12 bits per heavy atom. The van der Waals surface area contributed by atoms with Gasteiger partial charge in [-0.3, -0.25) is 0 Å². The van der Waals surface area contributed by atoms with E-state index in [0.717, 1.165) is 0 Å². The van der Waals surface area contributed by atoms with E-state index in [1.807, 2.05) is 26.8 Å². The lowest BCUT2D eigenvalue weighted by molar-refractivity contribution is -0.140. The van der Waals surface area contributed by atoms with Gasteiger partial charge < -0.3 is 10.4 Å². The van der Waals surface area contributed by atoms with Crippen molar-refractivity contribution in [1.29, 1.82) is 5.26 Å². The fourth-order valence-corrected chi connectivity index (χ4v) is 1.49. The molecular weight excluding hydrogens is 216 g/mol. The minimum Gasteiger partial charge on any atom is -0.480 e. The van der Waals surface area contributed by atoms with E-state index in [1.54, 1.807) is 24.3 Å². The summed E-state index contributed by atoms with van der Waals surface area (Å²) in [5.74, 6) is -0.903. The van der Waals surface area contributed by atoms with Gasteiger partial charge in [-0.05, 0) is 23.6 Å². The van der Waals surface area contributed by atoms with Gasteiger partial charge in [0.2, 0.25) is 0 Å². The molecule has 0 saturated heterocycles. The first kappa shape index (κ1) is 13.0. The molecule has 0 amide bonds. The highest BCUT2D eigenvalue weighted by atomic mass is 16.4. The first-order valence-electron chi connectivity index (χ1n) is 5.34. The van der Waals surface area contributed by atoms with Crippen molar-refractivity contribution in [1.82, 2.24) is 0 Å². The third-order valence-corrected chi connectivity index (χ3v) is 2.42. The number of carboxylic acid groups (broad SMARTS) is 1. The fourth-order valence-electron chi connectivity index (χ4n) is 1.49. The predicted octanol–water partition coefficient (Wildman–Crippen LogP) is 2.47. The molecule has 4 nitrogen and oxygen atoms in total. The second-order valence-corrected chi connectivity index (χ2v) is 4.97. The monoisotopic (exact) mass is 232 g/mol. The van der Waals surface area contributed by atoms with E-state index < -0.39 is 17.4 Å². The third-order valence-electron chi connectivity index (χ3n) is 2.42. The van der Waals surface area contributed by atoms with Gasteiger partial charge in [-0.1, -0.05) is 26.8 Å². The highest BCUT2D eigenvalue weighted by molar-refractivity contribution is 5.78. The van der Waals surface area contributed by atoms with E-state index in [-0.39, 0.29) is 0 Å². The molecule has 2 N–H and O–H groups in total. The van der Waals surface area contributed by atoms with E-state index in [2.05, 4.69) is 5.32 Å². The van der Waals surface area contributed by atoms with E-state index in [9.17, 15) is 4.79 Å². The van der Waals surface area contributed by atoms with E-state index >= 15 is 0 Å². The number of nitriles is 1. The van der Waals surface area contributed by atoms with Gasteiger partial charge in [-0.2, -0.15) is 5.26 Å². The first-order valence-corrected chi connectivity index (χ1v) is 5.34.